The number of carbonyl (C=O) groups is 1. The zero-order valence-electron chi connectivity index (χ0n) is 21.5. The van der Waals surface area contributed by atoms with Gasteiger partial charge < -0.3 is 28.4 Å². The van der Waals surface area contributed by atoms with E-state index in [9.17, 15) is 4.79 Å². The zero-order valence-corrected chi connectivity index (χ0v) is 21.5. The molecule has 4 rings (SSSR count). The fourth-order valence-corrected chi connectivity index (χ4v) is 3.86. The normalized spacial score (nSPS) is 19.5. The van der Waals surface area contributed by atoms with Crippen molar-refractivity contribution in [3.63, 3.8) is 0 Å². The van der Waals surface area contributed by atoms with Crippen LogP contribution in [0.3, 0.4) is 0 Å². The predicted molar refractivity (Wildman–Crippen MR) is 144 cm³/mol. The molecule has 38 heavy (non-hydrogen) atoms. The van der Waals surface area contributed by atoms with E-state index in [2.05, 4.69) is 24.3 Å². The highest BCUT2D eigenvalue weighted by Crippen LogP contribution is 2.26. The first-order valence-electron chi connectivity index (χ1n) is 12.9. The van der Waals surface area contributed by atoms with Gasteiger partial charge in [-0.1, -0.05) is 72.8 Å². The van der Waals surface area contributed by atoms with Crippen LogP contribution in [0.5, 0.6) is 0 Å². The largest absolute Gasteiger partial charge is 0.487 e. The van der Waals surface area contributed by atoms with Crippen molar-refractivity contribution in [1.29, 1.82) is 0 Å². The van der Waals surface area contributed by atoms with Crippen LogP contribution in [0.1, 0.15) is 11.1 Å². The molecule has 0 aromatic heterocycles. The van der Waals surface area contributed by atoms with Gasteiger partial charge in [-0.25, -0.2) is 0 Å². The summed E-state index contributed by atoms with van der Waals surface area (Å²) < 4.78 is 33.9. The summed E-state index contributed by atoms with van der Waals surface area (Å²) in [4.78, 5) is 13.0. The summed E-state index contributed by atoms with van der Waals surface area (Å²) in [5, 5.41) is 0. The molecule has 7 heteroatoms. The molecule has 7 nitrogen and oxygen atoms in total. The van der Waals surface area contributed by atoms with E-state index < -0.39 is 0 Å². The molecule has 0 saturated carbocycles. The second-order valence-electron chi connectivity index (χ2n) is 8.46. The van der Waals surface area contributed by atoms with Gasteiger partial charge in [-0.05, 0) is 22.8 Å². The highest BCUT2D eigenvalue weighted by atomic mass is 16.6. The van der Waals surface area contributed by atoms with Gasteiger partial charge in [0.25, 0.3) is 0 Å². The molecule has 1 saturated heterocycles. The number of rotatable bonds is 3. The zero-order chi connectivity index (χ0) is 26.3. The quantitative estimate of drug-likeness (QED) is 0.554. The van der Waals surface area contributed by atoms with Crippen molar-refractivity contribution < 1.29 is 33.2 Å². The van der Waals surface area contributed by atoms with E-state index >= 15 is 0 Å². The van der Waals surface area contributed by atoms with Gasteiger partial charge >= 0.3 is 0 Å². The summed E-state index contributed by atoms with van der Waals surface area (Å²) in [6, 6.07) is 20.2. The molecular formula is C31H34O7. The van der Waals surface area contributed by atoms with Crippen LogP contribution in [-0.2, 0) is 33.2 Å². The van der Waals surface area contributed by atoms with Crippen molar-refractivity contribution in [3.8, 4) is 0 Å². The SMILES string of the molecule is O=C1C=C2OCCOCCOCCOCCOCCOC2=C/C1=C\C=C(c1ccccc1)c1ccccc1. The minimum atomic E-state index is -0.158. The maximum Gasteiger partial charge on any atom is 0.189 e. The lowest BCUT2D eigenvalue weighted by atomic mass is 9.96. The molecule has 2 aromatic rings. The minimum absolute atomic E-state index is 0.158. The van der Waals surface area contributed by atoms with E-state index in [4.69, 9.17) is 28.4 Å². The van der Waals surface area contributed by atoms with Crippen LogP contribution in [0.2, 0.25) is 0 Å². The van der Waals surface area contributed by atoms with Gasteiger partial charge in [0, 0.05) is 11.6 Å². The van der Waals surface area contributed by atoms with E-state index in [0.29, 0.717) is 76.6 Å². The summed E-state index contributed by atoms with van der Waals surface area (Å²) in [6.07, 6.45) is 6.98. The Morgan fingerprint density at radius 1 is 0.553 bits per heavy atom. The molecule has 2 aromatic carbocycles. The Morgan fingerprint density at radius 3 is 1.45 bits per heavy atom. The maximum absolute atomic E-state index is 13.0. The van der Waals surface area contributed by atoms with Gasteiger partial charge in [-0.2, -0.15) is 0 Å². The Balaban J connectivity index is 1.53. The van der Waals surface area contributed by atoms with E-state index in [0.717, 1.165) is 16.7 Å². The molecule has 2 aliphatic rings. The molecule has 0 spiro atoms. The molecule has 0 bridgehead atoms. The van der Waals surface area contributed by atoms with Gasteiger partial charge in [0.15, 0.2) is 17.3 Å². The van der Waals surface area contributed by atoms with Crippen LogP contribution >= 0.6 is 0 Å². The Labute approximate surface area is 223 Å². The highest BCUT2D eigenvalue weighted by Gasteiger charge is 2.20. The smallest absolute Gasteiger partial charge is 0.189 e. The van der Waals surface area contributed by atoms with Gasteiger partial charge in [-0.3, -0.25) is 4.79 Å². The van der Waals surface area contributed by atoms with Crippen molar-refractivity contribution in [2.45, 2.75) is 0 Å². The summed E-state index contributed by atoms with van der Waals surface area (Å²) in [5.41, 5.74) is 3.63. The number of hydrogen-bond donors (Lipinski definition) is 0. The molecule has 1 fully saturated rings. The lowest BCUT2D eigenvalue weighted by molar-refractivity contribution is -0.111. The second kappa shape index (κ2) is 15.7. The van der Waals surface area contributed by atoms with Crippen LogP contribution in [0.25, 0.3) is 5.57 Å². The first-order chi connectivity index (χ1) is 18.8. The van der Waals surface area contributed by atoms with Crippen molar-refractivity contribution in [2.75, 3.05) is 66.1 Å². The maximum atomic E-state index is 13.0. The van der Waals surface area contributed by atoms with E-state index in [1.807, 2.05) is 48.6 Å². The Kier molecular flexibility index (Phi) is 11.4. The molecule has 0 radical (unpaired) electrons. The number of benzene rings is 2. The highest BCUT2D eigenvalue weighted by molar-refractivity contribution is 6.08. The first-order valence-corrected chi connectivity index (χ1v) is 12.9. The number of ether oxygens (including phenoxy) is 6. The molecule has 0 unspecified atom stereocenters. The minimum Gasteiger partial charge on any atom is -0.487 e. The average molecular weight is 519 g/mol. The van der Waals surface area contributed by atoms with Gasteiger partial charge in [-0.15, -0.1) is 0 Å². The fraction of sp³-hybridized carbons (Fsp3) is 0.323. The third kappa shape index (κ3) is 8.82. The van der Waals surface area contributed by atoms with Crippen molar-refractivity contribution in [1.82, 2.24) is 0 Å². The predicted octanol–water partition coefficient (Wildman–Crippen LogP) is 4.51. The summed E-state index contributed by atoms with van der Waals surface area (Å²) in [7, 11) is 0. The third-order valence-electron chi connectivity index (χ3n) is 5.76. The number of allylic oxidation sites excluding steroid dienone is 5. The van der Waals surface area contributed by atoms with Crippen molar-refractivity contribution in [3.05, 3.63) is 113 Å². The van der Waals surface area contributed by atoms with Crippen LogP contribution in [0.15, 0.2) is 102 Å². The lowest BCUT2D eigenvalue weighted by Crippen LogP contribution is -2.17. The van der Waals surface area contributed by atoms with E-state index in [-0.39, 0.29) is 12.4 Å². The number of carbonyl (C=O) groups excluding carboxylic acids is 1. The molecule has 1 aliphatic carbocycles. The number of hydrogen-bond acceptors (Lipinski definition) is 7. The number of ketones is 1. The van der Waals surface area contributed by atoms with E-state index in [1.165, 1.54) is 6.08 Å². The molecule has 1 aliphatic heterocycles. The Morgan fingerprint density at radius 2 is 0.974 bits per heavy atom. The Bertz CT molecular complexity index is 1090. The summed E-state index contributed by atoms with van der Waals surface area (Å²) in [5.74, 6) is 0.704. The summed E-state index contributed by atoms with van der Waals surface area (Å²) in [6.45, 7) is 4.23. The molecular weight excluding hydrogens is 484 g/mol. The third-order valence-corrected chi connectivity index (χ3v) is 5.76. The molecule has 0 N–H and O–H groups in total. The van der Waals surface area contributed by atoms with Crippen LogP contribution in [-0.4, -0.2) is 71.9 Å². The summed E-state index contributed by atoms with van der Waals surface area (Å²) >= 11 is 0. The molecule has 1 heterocycles. The number of fused-ring (bicyclic) bond motifs is 1. The van der Waals surface area contributed by atoms with Crippen molar-refractivity contribution >= 4 is 11.4 Å². The fourth-order valence-electron chi connectivity index (χ4n) is 3.86. The van der Waals surface area contributed by atoms with Gasteiger partial charge in [0.2, 0.25) is 0 Å². The second-order valence-corrected chi connectivity index (χ2v) is 8.46. The lowest BCUT2D eigenvalue weighted by Gasteiger charge is -2.19. The van der Waals surface area contributed by atoms with Crippen LogP contribution in [0, 0.1) is 0 Å². The molecule has 0 atom stereocenters. The molecule has 200 valence electrons. The standard InChI is InChI=1S/C31H34O7/c32-29-24-31-30(37-21-19-35-17-15-33-13-14-34-16-18-36-20-22-38-31)23-27(29)11-12-28(25-7-3-1-4-8-25)26-9-5-2-6-10-26/h1-12,23-24H,13-22H2/b27-11+. The van der Waals surface area contributed by atoms with Gasteiger partial charge in [0.05, 0.1) is 52.9 Å². The average Bonchev–Trinajstić information content (AvgIpc) is 2.95. The Hall–Kier alpha value is -3.49. The van der Waals surface area contributed by atoms with Crippen molar-refractivity contribution in [2.24, 2.45) is 0 Å². The first kappa shape index (κ1) is 27.5. The van der Waals surface area contributed by atoms with Crippen LogP contribution < -0.4 is 0 Å². The topological polar surface area (TPSA) is 72.5 Å². The van der Waals surface area contributed by atoms with Crippen LogP contribution in [0.4, 0.5) is 0 Å². The molecule has 0 amide bonds. The van der Waals surface area contributed by atoms with E-state index in [1.54, 1.807) is 6.08 Å². The monoisotopic (exact) mass is 518 g/mol. The van der Waals surface area contributed by atoms with Gasteiger partial charge in [0.1, 0.15) is 13.2 Å².